The molecule has 0 bridgehead atoms. The van der Waals surface area contributed by atoms with Crippen LogP contribution in [0.3, 0.4) is 0 Å². The van der Waals surface area contributed by atoms with E-state index < -0.39 is 0 Å². The molecule has 1 aliphatic carbocycles. The number of hydrogen-bond donors (Lipinski definition) is 1. The average Bonchev–Trinajstić information content (AvgIpc) is 3.38. The number of amides is 1. The van der Waals surface area contributed by atoms with E-state index in [2.05, 4.69) is 5.32 Å². The lowest BCUT2D eigenvalue weighted by atomic mass is 9.96. The molecule has 1 amide bonds. The summed E-state index contributed by atoms with van der Waals surface area (Å²) in [7, 11) is 0. The van der Waals surface area contributed by atoms with Gasteiger partial charge in [0.15, 0.2) is 0 Å². The summed E-state index contributed by atoms with van der Waals surface area (Å²) in [6, 6.07) is 15.9. The van der Waals surface area contributed by atoms with Gasteiger partial charge in [-0.1, -0.05) is 49.2 Å². The van der Waals surface area contributed by atoms with Crippen molar-refractivity contribution >= 4 is 51.0 Å². The Balaban J connectivity index is 1.56. The number of aliphatic imine (C=N–C) groups is 1. The van der Waals surface area contributed by atoms with Gasteiger partial charge in [0.1, 0.15) is 11.5 Å². The van der Waals surface area contributed by atoms with Crippen LogP contribution in [0, 0.1) is 13.8 Å². The molecular weight excluding hydrogens is 506 g/mol. The van der Waals surface area contributed by atoms with Crippen LogP contribution in [-0.2, 0) is 28.9 Å². The first-order chi connectivity index (χ1) is 19.0. The molecule has 0 saturated heterocycles. The van der Waals surface area contributed by atoms with E-state index in [1.165, 1.54) is 17.7 Å². The van der Waals surface area contributed by atoms with Crippen LogP contribution in [-0.4, -0.2) is 29.3 Å². The van der Waals surface area contributed by atoms with Crippen molar-refractivity contribution in [3.63, 3.8) is 0 Å². The van der Waals surface area contributed by atoms with Crippen LogP contribution in [0.5, 0.6) is 0 Å². The molecule has 0 fully saturated rings. The van der Waals surface area contributed by atoms with Crippen molar-refractivity contribution < 1.29 is 14.3 Å². The second-order valence-corrected chi connectivity index (χ2v) is 11.1. The van der Waals surface area contributed by atoms with Gasteiger partial charge in [-0.2, -0.15) is 0 Å². The van der Waals surface area contributed by atoms with Gasteiger partial charge >= 0.3 is 5.97 Å². The maximum atomic E-state index is 13.8. The first-order valence-electron chi connectivity index (χ1n) is 13.8. The number of esters is 1. The Kier molecular flexibility index (Phi) is 8.27. The molecule has 0 saturated carbocycles. The fourth-order valence-electron chi connectivity index (χ4n) is 5.41. The predicted molar refractivity (Wildman–Crippen MR) is 160 cm³/mol. The van der Waals surface area contributed by atoms with Crippen LogP contribution in [0.2, 0.25) is 0 Å². The lowest BCUT2D eigenvalue weighted by Gasteiger charge is -2.12. The van der Waals surface area contributed by atoms with E-state index in [-0.39, 0.29) is 18.4 Å². The van der Waals surface area contributed by atoms with Gasteiger partial charge in [0.2, 0.25) is 0 Å². The average molecular weight is 542 g/mol. The molecule has 39 heavy (non-hydrogen) atoms. The zero-order chi connectivity index (χ0) is 27.4. The maximum Gasteiger partial charge on any atom is 0.325 e. The highest BCUT2D eigenvalue weighted by atomic mass is 32.1. The molecule has 0 unspecified atom stereocenters. The van der Waals surface area contributed by atoms with Crippen LogP contribution in [0.4, 0.5) is 10.7 Å². The summed E-state index contributed by atoms with van der Waals surface area (Å²) in [4.78, 5) is 32.3. The Bertz CT molecular complexity index is 1550. The number of para-hydroxylation sites is 2. The summed E-state index contributed by atoms with van der Waals surface area (Å²) in [6.45, 7) is 6.31. The quantitative estimate of drug-likeness (QED) is 0.194. The van der Waals surface area contributed by atoms with Gasteiger partial charge in [-0.15, -0.1) is 11.3 Å². The van der Waals surface area contributed by atoms with E-state index in [4.69, 9.17) is 9.73 Å². The SMILES string of the molecule is CCOC(=O)Cn1c(C)c(C=Nc2sc3c(c2C(=O)Nc2ccccc2C)CCCCCC3)c2ccccc21. The molecule has 0 aliphatic heterocycles. The second kappa shape index (κ2) is 12.0. The van der Waals surface area contributed by atoms with Crippen LogP contribution < -0.4 is 5.32 Å². The lowest BCUT2D eigenvalue weighted by molar-refractivity contribution is -0.143. The van der Waals surface area contributed by atoms with Gasteiger partial charge in [0.05, 0.1) is 12.2 Å². The number of carbonyl (C=O) groups excluding carboxylic acids is 2. The summed E-state index contributed by atoms with van der Waals surface area (Å²) < 4.78 is 7.20. The van der Waals surface area contributed by atoms with Gasteiger partial charge in [0, 0.05) is 38.9 Å². The molecule has 5 rings (SSSR count). The number of thiophene rings is 1. The number of hydrogen-bond acceptors (Lipinski definition) is 5. The molecule has 4 aromatic rings. The second-order valence-electron chi connectivity index (χ2n) is 10.0. The van der Waals surface area contributed by atoms with Crippen molar-refractivity contribution in [2.24, 2.45) is 4.99 Å². The Morgan fingerprint density at radius 2 is 1.77 bits per heavy atom. The maximum absolute atomic E-state index is 13.8. The van der Waals surface area contributed by atoms with E-state index >= 15 is 0 Å². The fraction of sp³-hybridized carbons (Fsp3) is 0.344. The molecule has 0 radical (unpaired) electrons. The van der Waals surface area contributed by atoms with E-state index in [0.29, 0.717) is 12.2 Å². The summed E-state index contributed by atoms with van der Waals surface area (Å²) in [6.07, 6.45) is 8.37. The highest BCUT2D eigenvalue weighted by Crippen LogP contribution is 2.40. The van der Waals surface area contributed by atoms with Crippen molar-refractivity contribution in [2.45, 2.75) is 65.8 Å². The summed E-state index contributed by atoms with van der Waals surface area (Å²) in [5.74, 6) is -0.367. The van der Waals surface area contributed by atoms with Gasteiger partial charge in [-0.25, -0.2) is 4.99 Å². The zero-order valence-corrected chi connectivity index (χ0v) is 23.7. The summed E-state index contributed by atoms with van der Waals surface area (Å²) in [5.41, 5.74) is 6.54. The number of benzene rings is 2. The van der Waals surface area contributed by atoms with Crippen molar-refractivity contribution in [1.82, 2.24) is 4.57 Å². The van der Waals surface area contributed by atoms with E-state index in [1.54, 1.807) is 11.3 Å². The molecule has 1 N–H and O–H groups in total. The highest BCUT2D eigenvalue weighted by molar-refractivity contribution is 7.16. The molecule has 202 valence electrons. The molecule has 2 heterocycles. The Hall–Kier alpha value is -3.71. The third kappa shape index (κ3) is 5.69. The fourth-order valence-corrected chi connectivity index (χ4v) is 6.64. The zero-order valence-electron chi connectivity index (χ0n) is 22.9. The smallest absolute Gasteiger partial charge is 0.325 e. The van der Waals surface area contributed by atoms with Gasteiger partial charge in [-0.3, -0.25) is 9.59 Å². The van der Waals surface area contributed by atoms with E-state index in [0.717, 1.165) is 69.7 Å². The lowest BCUT2D eigenvalue weighted by Crippen LogP contribution is -2.15. The number of carbonyl (C=O) groups is 2. The molecule has 1 aliphatic rings. The van der Waals surface area contributed by atoms with Crippen molar-refractivity contribution in [2.75, 3.05) is 11.9 Å². The molecule has 2 aromatic heterocycles. The Morgan fingerprint density at radius 1 is 1.03 bits per heavy atom. The first kappa shape index (κ1) is 26.9. The standard InChI is InChI=1S/C32H35N3O3S/c1-4-38-29(36)20-35-22(3)25(23-14-10-12-17-27(23)35)19-33-32-30(24-15-7-5-6-8-18-28(24)39-32)31(37)34-26-16-11-9-13-21(26)2/h9-14,16-17,19H,4-8,15,18,20H2,1-3H3,(H,34,37). The van der Waals surface area contributed by atoms with Crippen molar-refractivity contribution in [1.29, 1.82) is 0 Å². The predicted octanol–water partition coefficient (Wildman–Crippen LogP) is 7.54. The van der Waals surface area contributed by atoms with Crippen LogP contribution >= 0.6 is 11.3 Å². The Morgan fingerprint density at radius 3 is 2.56 bits per heavy atom. The number of rotatable bonds is 7. The van der Waals surface area contributed by atoms with Gasteiger partial charge < -0.3 is 14.6 Å². The monoisotopic (exact) mass is 541 g/mol. The van der Waals surface area contributed by atoms with Gasteiger partial charge in [-0.05, 0) is 69.7 Å². The Labute approximate surface area is 233 Å². The summed E-state index contributed by atoms with van der Waals surface area (Å²) >= 11 is 1.64. The normalized spacial score (nSPS) is 13.7. The number of aromatic nitrogens is 1. The third-order valence-corrected chi connectivity index (χ3v) is 8.66. The number of aryl methyl sites for hydroxylation is 2. The minimum atomic E-state index is -0.266. The highest BCUT2D eigenvalue weighted by Gasteiger charge is 2.25. The van der Waals surface area contributed by atoms with Crippen LogP contribution in [0.1, 0.15) is 70.2 Å². The number of fused-ring (bicyclic) bond motifs is 2. The molecule has 0 spiro atoms. The van der Waals surface area contributed by atoms with E-state index in [9.17, 15) is 9.59 Å². The minimum Gasteiger partial charge on any atom is -0.465 e. The molecule has 2 aromatic carbocycles. The molecule has 7 heteroatoms. The first-order valence-corrected chi connectivity index (χ1v) is 14.6. The number of nitrogens with zero attached hydrogens (tertiary/aromatic N) is 2. The number of ether oxygens (including phenoxy) is 1. The molecule has 0 atom stereocenters. The van der Waals surface area contributed by atoms with Crippen LogP contribution in [0.15, 0.2) is 53.5 Å². The molecular formula is C32H35N3O3S. The minimum absolute atomic E-state index is 0.101. The van der Waals surface area contributed by atoms with E-state index in [1.807, 2.05) is 80.1 Å². The molecule has 6 nitrogen and oxygen atoms in total. The summed E-state index contributed by atoms with van der Waals surface area (Å²) in [5, 5.41) is 4.92. The van der Waals surface area contributed by atoms with Crippen LogP contribution in [0.25, 0.3) is 10.9 Å². The van der Waals surface area contributed by atoms with Gasteiger partial charge in [0.25, 0.3) is 5.91 Å². The van der Waals surface area contributed by atoms with Crippen molar-refractivity contribution in [3.8, 4) is 0 Å². The third-order valence-electron chi connectivity index (χ3n) is 7.46. The topological polar surface area (TPSA) is 72.7 Å². The van der Waals surface area contributed by atoms with Crippen molar-refractivity contribution in [3.05, 3.63) is 81.4 Å². The largest absolute Gasteiger partial charge is 0.465 e. The number of nitrogens with one attached hydrogen (secondary N) is 1. The number of anilines is 1.